The van der Waals surface area contributed by atoms with Crippen LogP contribution in [0.5, 0.6) is 0 Å². The van der Waals surface area contributed by atoms with E-state index >= 15 is 0 Å². The van der Waals surface area contributed by atoms with E-state index < -0.39 is 23.7 Å². The highest BCUT2D eigenvalue weighted by Crippen LogP contribution is 2.26. The quantitative estimate of drug-likeness (QED) is 0.0356. The molecule has 0 bridgehead atoms. The molecule has 0 saturated carbocycles. The van der Waals surface area contributed by atoms with Gasteiger partial charge in [-0.25, -0.2) is 28.0 Å². The number of anilines is 8. The molecule has 0 aromatic heterocycles. The van der Waals surface area contributed by atoms with Gasteiger partial charge in [-0.2, -0.15) is 0 Å². The van der Waals surface area contributed by atoms with Crippen molar-refractivity contribution < 1.29 is 28.0 Å². The summed E-state index contributed by atoms with van der Waals surface area (Å²) in [4.78, 5) is 56.0. The highest BCUT2D eigenvalue weighted by molar-refractivity contribution is 6.02. The van der Waals surface area contributed by atoms with E-state index in [2.05, 4.69) is 82.7 Å². The Bertz CT molecular complexity index is 3740. The van der Waals surface area contributed by atoms with E-state index in [0.717, 1.165) is 45.5 Å². The molecule has 14 nitrogen and oxygen atoms in total. The lowest BCUT2D eigenvalue weighted by atomic mass is 10.0. The largest absolute Gasteiger partial charge is 0.323 e. The number of hydrogen-bond donors (Lipinski definition) is 8. The number of amides is 8. The Morgan fingerprint density at radius 1 is 0.244 bits per heavy atom. The number of carbonyl (C=O) groups is 4. The van der Waals surface area contributed by atoms with Crippen molar-refractivity contribution in [3.8, 4) is 11.1 Å². The Morgan fingerprint density at radius 3 is 0.814 bits per heavy atom. The van der Waals surface area contributed by atoms with E-state index in [0.29, 0.717) is 78.2 Å². The van der Waals surface area contributed by atoms with Crippen LogP contribution < -0.4 is 42.5 Å². The van der Waals surface area contributed by atoms with Gasteiger partial charge in [0.2, 0.25) is 0 Å². The molecule has 10 aromatic carbocycles. The van der Waals surface area contributed by atoms with Crippen molar-refractivity contribution in [2.45, 2.75) is 39.3 Å². The Labute approximate surface area is 497 Å². The van der Waals surface area contributed by atoms with Gasteiger partial charge in [-0.15, -0.1) is 0 Å². The molecule has 0 heterocycles. The number of carbonyl (C=O) groups excluding carboxylic acids is 4. The molecule has 8 amide bonds. The molecule has 0 aliphatic heterocycles. The molecule has 0 spiro atoms. The highest BCUT2D eigenvalue weighted by atomic mass is 19.1. The molecule has 0 radical (unpaired) electrons. The SMILES string of the molecule is O=C(Nc1ccccc1)Nc1ccc(CN(Cc2ccccc2)Cc2ccc(NC(=O)Nc3ccc(-c4cccc(CN(Cc5ccc(NC(=O)Nc6ccc(F)cc6)cc5)Cc5ccc(NC(=O)Nc6ccc(F)cc6)cc5)c4)cc3)cc2)cc1. The van der Waals surface area contributed by atoms with E-state index in [9.17, 15) is 28.0 Å². The molecule has 0 unspecified atom stereocenters. The number of hydrogen-bond acceptors (Lipinski definition) is 6. The van der Waals surface area contributed by atoms with E-state index in [1.54, 1.807) is 0 Å². The number of halogens is 2. The fourth-order valence-corrected chi connectivity index (χ4v) is 9.60. The van der Waals surface area contributed by atoms with Gasteiger partial charge in [0.05, 0.1) is 0 Å². The third-order valence-electron chi connectivity index (χ3n) is 13.8. The third kappa shape index (κ3) is 18.0. The molecule has 8 N–H and O–H groups in total. The molecule has 10 rings (SSSR count). The maximum absolute atomic E-state index is 13.4. The van der Waals surface area contributed by atoms with Crippen LogP contribution in [0.4, 0.5) is 73.5 Å². The summed E-state index contributed by atoms with van der Waals surface area (Å²) in [5.41, 5.74) is 13.2. The average Bonchev–Trinajstić information content (AvgIpc) is 3.72. The van der Waals surface area contributed by atoms with Gasteiger partial charge in [0.1, 0.15) is 11.6 Å². The summed E-state index contributed by atoms with van der Waals surface area (Å²) >= 11 is 0. The zero-order chi connectivity index (χ0) is 59.5. The van der Waals surface area contributed by atoms with Crippen molar-refractivity contribution >= 4 is 69.6 Å². The van der Waals surface area contributed by atoms with Crippen molar-refractivity contribution in [3.05, 3.63) is 300 Å². The Balaban J connectivity index is 0.746. The summed E-state index contributed by atoms with van der Waals surface area (Å²) in [6.45, 7) is 3.74. The zero-order valence-electron chi connectivity index (χ0n) is 46.8. The second-order valence-corrected chi connectivity index (χ2v) is 20.5. The number of benzene rings is 10. The van der Waals surface area contributed by atoms with Gasteiger partial charge in [-0.3, -0.25) is 9.80 Å². The molecule has 0 atom stereocenters. The minimum atomic E-state index is -0.454. The van der Waals surface area contributed by atoms with Gasteiger partial charge in [0.15, 0.2) is 0 Å². The second-order valence-electron chi connectivity index (χ2n) is 20.5. The first-order chi connectivity index (χ1) is 41.9. The molecule has 16 heteroatoms. The van der Waals surface area contributed by atoms with Gasteiger partial charge in [0, 0.05) is 84.8 Å². The van der Waals surface area contributed by atoms with Gasteiger partial charge < -0.3 is 42.5 Å². The molecule has 0 aliphatic rings. The predicted molar refractivity (Wildman–Crippen MR) is 340 cm³/mol. The zero-order valence-corrected chi connectivity index (χ0v) is 46.8. The van der Waals surface area contributed by atoms with Crippen molar-refractivity contribution in [1.82, 2.24) is 9.80 Å². The van der Waals surface area contributed by atoms with Crippen LogP contribution in [-0.4, -0.2) is 33.9 Å². The molecule has 0 aliphatic carbocycles. The summed E-state index contributed by atoms with van der Waals surface area (Å²) in [5, 5.41) is 22.8. The first-order valence-corrected chi connectivity index (χ1v) is 27.9. The van der Waals surface area contributed by atoms with Crippen LogP contribution in [0.25, 0.3) is 11.1 Å². The minimum Gasteiger partial charge on any atom is -0.308 e. The van der Waals surface area contributed by atoms with Crippen molar-refractivity contribution in [3.63, 3.8) is 0 Å². The van der Waals surface area contributed by atoms with Crippen LogP contribution >= 0.6 is 0 Å². The van der Waals surface area contributed by atoms with Crippen LogP contribution in [0.15, 0.2) is 255 Å². The number of nitrogens with zero attached hydrogens (tertiary/aromatic N) is 2. The molecular formula is C70H62F2N10O4. The fourth-order valence-electron chi connectivity index (χ4n) is 9.60. The molecule has 0 saturated heterocycles. The summed E-state index contributed by atoms with van der Waals surface area (Å²) in [6.07, 6.45) is 0. The summed E-state index contributed by atoms with van der Waals surface area (Å²) in [6, 6.07) is 76.0. The lowest BCUT2D eigenvalue weighted by Crippen LogP contribution is -2.23. The molecule has 430 valence electrons. The Morgan fingerprint density at radius 2 is 0.488 bits per heavy atom. The highest BCUT2D eigenvalue weighted by Gasteiger charge is 2.15. The maximum Gasteiger partial charge on any atom is 0.323 e. The standard InChI is InChI=1S/C70H62F2N10O4/c71-57-24-38-65(39-25-57)79-69(85)76-62-32-18-52(19-33-62)46-82(47-53-20-34-63(35-21-53)77-70(86)80-66-40-26-58(72)27-41-66)48-54-10-7-11-56(42-54)55-22-36-64(37-23-55)78-68(84)75-61-30-16-51(17-31-61)45-81(43-49-8-3-1-4-9-49)44-50-14-28-60(29-15-50)74-67(83)73-59-12-5-2-6-13-59/h1-42H,43-48H2,(H2,73,74,83)(H2,75,78,84)(H2,76,79,85)(H2,77,80,86). The van der Waals surface area contributed by atoms with Crippen molar-refractivity contribution in [1.29, 1.82) is 0 Å². The molecule has 0 fully saturated rings. The first-order valence-electron chi connectivity index (χ1n) is 27.9. The first kappa shape index (κ1) is 58.3. The minimum absolute atomic E-state index is 0.311. The second kappa shape index (κ2) is 28.8. The molecule has 86 heavy (non-hydrogen) atoms. The van der Waals surface area contributed by atoms with Gasteiger partial charge >= 0.3 is 24.1 Å². The number of para-hydroxylation sites is 1. The monoisotopic (exact) mass is 1140 g/mol. The average molecular weight is 1150 g/mol. The summed E-state index contributed by atoms with van der Waals surface area (Å²) < 4.78 is 26.8. The Kier molecular flexibility index (Phi) is 19.5. The smallest absolute Gasteiger partial charge is 0.308 e. The van der Waals surface area contributed by atoms with E-state index in [4.69, 9.17) is 0 Å². The normalized spacial score (nSPS) is 10.9. The van der Waals surface area contributed by atoms with Crippen LogP contribution in [0.2, 0.25) is 0 Å². The summed E-state index contributed by atoms with van der Waals surface area (Å²) in [5.74, 6) is -0.789. The van der Waals surface area contributed by atoms with Crippen molar-refractivity contribution in [2.75, 3.05) is 42.5 Å². The van der Waals surface area contributed by atoms with Crippen LogP contribution in [0.3, 0.4) is 0 Å². The van der Waals surface area contributed by atoms with Crippen LogP contribution in [0.1, 0.15) is 33.4 Å². The van der Waals surface area contributed by atoms with Gasteiger partial charge in [0.25, 0.3) is 0 Å². The molecular weight excluding hydrogens is 1080 g/mol. The van der Waals surface area contributed by atoms with Gasteiger partial charge in [-0.1, -0.05) is 127 Å². The Hall–Kier alpha value is -10.9. The maximum atomic E-state index is 13.4. The molecule has 10 aromatic rings. The third-order valence-corrected chi connectivity index (χ3v) is 13.8. The fraction of sp³-hybridized carbons (Fsp3) is 0.0857. The topological polar surface area (TPSA) is 171 Å². The number of nitrogens with one attached hydrogen (secondary N) is 8. The van der Waals surface area contributed by atoms with Crippen molar-refractivity contribution in [2.24, 2.45) is 0 Å². The predicted octanol–water partition coefficient (Wildman–Crippen LogP) is 16.6. The van der Waals surface area contributed by atoms with Crippen LogP contribution in [0, 0.1) is 11.6 Å². The summed E-state index contributed by atoms with van der Waals surface area (Å²) in [7, 11) is 0. The van der Waals surface area contributed by atoms with E-state index in [1.807, 2.05) is 176 Å². The van der Waals surface area contributed by atoms with Gasteiger partial charge in [-0.05, 0) is 172 Å². The lowest BCUT2D eigenvalue weighted by molar-refractivity contribution is 0.247. The van der Waals surface area contributed by atoms with E-state index in [-0.39, 0.29) is 12.1 Å². The van der Waals surface area contributed by atoms with E-state index in [1.165, 1.54) is 54.1 Å². The lowest BCUT2D eigenvalue weighted by Gasteiger charge is -2.23. The van der Waals surface area contributed by atoms with Crippen LogP contribution in [-0.2, 0) is 39.3 Å². The number of urea groups is 4. The number of rotatable bonds is 21.